The van der Waals surface area contributed by atoms with Crippen LogP contribution in [0.4, 0.5) is 5.69 Å². The highest BCUT2D eigenvalue weighted by Crippen LogP contribution is 2.24. The van der Waals surface area contributed by atoms with Crippen LogP contribution in [0.15, 0.2) is 49.1 Å². The molecule has 1 aromatic carbocycles. The van der Waals surface area contributed by atoms with Gasteiger partial charge in [-0.2, -0.15) is 5.10 Å². The third kappa shape index (κ3) is 3.31. The van der Waals surface area contributed by atoms with E-state index in [-0.39, 0.29) is 11.6 Å². The lowest BCUT2D eigenvalue weighted by atomic mass is 10.2. The molecule has 0 bridgehead atoms. The number of carbonyl (C=O) groups is 1. The Morgan fingerprint density at radius 2 is 2.09 bits per heavy atom. The zero-order valence-corrected chi connectivity index (χ0v) is 12.4. The average Bonchev–Trinajstić information content (AvgIpc) is 3.11. The first-order valence-electron chi connectivity index (χ1n) is 7.00. The molecule has 2 heterocycles. The zero-order chi connectivity index (χ0) is 16.1. The number of para-hydroxylation sites is 2. The van der Waals surface area contributed by atoms with Gasteiger partial charge in [0.1, 0.15) is 18.4 Å². The van der Waals surface area contributed by atoms with Crippen LogP contribution in [-0.2, 0) is 0 Å². The van der Waals surface area contributed by atoms with E-state index in [1.807, 2.05) is 19.1 Å². The minimum absolute atomic E-state index is 0.195. The van der Waals surface area contributed by atoms with E-state index < -0.39 is 0 Å². The Labute approximate surface area is 132 Å². The molecule has 1 N–H and O–H groups in total. The second-order valence-corrected chi connectivity index (χ2v) is 4.50. The van der Waals surface area contributed by atoms with E-state index in [0.29, 0.717) is 23.9 Å². The molecule has 8 nitrogen and oxygen atoms in total. The number of hydrogen-bond donors (Lipinski definition) is 1. The van der Waals surface area contributed by atoms with E-state index in [0.717, 1.165) is 0 Å². The van der Waals surface area contributed by atoms with Gasteiger partial charge in [0.25, 0.3) is 5.91 Å². The molecule has 0 saturated heterocycles. The van der Waals surface area contributed by atoms with Gasteiger partial charge in [-0.3, -0.25) is 4.79 Å². The number of anilines is 1. The molecule has 3 rings (SSSR count). The number of carbonyl (C=O) groups excluding carboxylic acids is 1. The topological polar surface area (TPSA) is 94.8 Å². The lowest BCUT2D eigenvalue weighted by Crippen LogP contribution is -2.15. The van der Waals surface area contributed by atoms with Crippen LogP contribution in [-0.4, -0.2) is 37.5 Å². The van der Waals surface area contributed by atoms with Crippen LogP contribution < -0.4 is 10.1 Å². The lowest BCUT2D eigenvalue weighted by molar-refractivity contribution is 0.102. The SMILES string of the molecule is CCOc1ccccc1NC(=O)c1ccc(-n2cncn2)nn1. The second kappa shape index (κ2) is 6.65. The van der Waals surface area contributed by atoms with Crippen molar-refractivity contribution in [3.05, 3.63) is 54.7 Å². The molecule has 3 aromatic rings. The van der Waals surface area contributed by atoms with Crippen molar-refractivity contribution in [1.82, 2.24) is 25.0 Å². The summed E-state index contributed by atoms with van der Waals surface area (Å²) >= 11 is 0. The molecule has 1 amide bonds. The van der Waals surface area contributed by atoms with Crippen molar-refractivity contribution in [3.8, 4) is 11.6 Å². The van der Waals surface area contributed by atoms with Crippen LogP contribution in [0.2, 0.25) is 0 Å². The number of hydrogen-bond acceptors (Lipinski definition) is 6. The maximum Gasteiger partial charge on any atom is 0.276 e. The van der Waals surface area contributed by atoms with Gasteiger partial charge >= 0.3 is 0 Å². The molecular weight excluding hydrogens is 296 g/mol. The number of ether oxygens (including phenoxy) is 1. The zero-order valence-electron chi connectivity index (χ0n) is 12.4. The van der Waals surface area contributed by atoms with E-state index in [9.17, 15) is 4.79 Å². The fourth-order valence-corrected chi connectivity index (χ4v) is 1.93. The predicted octanol–water partition coefficient (Wildman–Crippen LogP) is 1.71. The van der Waals surface area contributed by atoms with Crippen molar-refractivity contribution in [3.63, 3.8) is 0 Å². The number of nitrogens with zero attached hydrogens (tertiary/aromatic N) is 5. The van der Waals surface area contributed by atoms with Crippen molar-refractivity contribution in [1.29, 1.82) is 0 Å². The minimum atomic E-state index is -0.366. The van der Waals surface area contributed by atoms with Gasteiger partial charge in [0, 0.05) is 0 Å². The van der Waals surface area contributed by atoms with Gasteiger partial charge < -0.3 is 10.1 Å². The Balaban J connectivity index is 1.76. The molecule has 2 aromatic heterocycles. The van der Waals surface area contributed by atoms with Crippen LogP contribution in [0.25, 0.3) is 5.82 Å². The summed E-state index contributed by atoms with van der Waals surface area (Å²) < 4.78 is 6.93. The molecular formula is C15H14N6O2. The molecule has 0 aliphatic heterocycles. The molecule has 0 fully saturated rings. The summed E-state index contributed by atoms with van der Waals surface area (Å²) in [5, 5.41) is 14.6. The van der Waals surface area contributed by atoms with Gasteiger partial charge in [-0.15, -0.1) is 10.2 Å². The fourth-order valence-electron chi connectivity index (χ4n) is 1.93. The number of rotatable bonds is 5. The van der Waals surface area contributed by atoms with Gasteiger partial charge in [-0.25, -0.2) is 9.67 Å². The summed E-state index contributed by atoms with van der Waals surface area (Å²) in [5.74, 6) is 0.721. The predicted molar refractivity (Wildman–Crippen MR) is 82.5 cm³/mol. The summed E-state index contributed by atoms with van der Waals surface area (Å²) in [6.45, 7) is 2.40. The first kappa shape index (κ1) is 14.6. The van der Waals surface area contributed by atoms with Crippen molar-refractivity contribution >= 4 is 11.6 Å². The number of amides is 1. The molecule has 116 valence electrons. The van der Waals surface area contributed by atoms with E-state index >= 15 is 0 Å². The van der Waals surface area contributed by atoms with Crippen LogP contribution in [0.1, 0.15) is 17.4 Å². The third-order valence-corrected chi connectivity index (χ3v) is 2.97. The van der Waals surface area contributed by atoms with Crippen LogP contribution in [0, 0.1) is 0 Å². The van der Waals surface area contributed by atoms with Crippen molar-refractivity contribution in [2.75, 3.05) is 11.9 Å². The number of nitrogens with one attached hydrogen (secondary N) is 1. The second-order valence-electron chi connectivity index (χ2n) is 4.50. The van der Waals surface area contributed by atoms with E-state index in [1.54, 1.807) is 24.3 Å². The first-order chi connectivity index (χ1) is 11.3. The Hall–Kier alpha value is -3.29. The summed E-state index contributed by atoms with van der Waals surface area (Å²) in [6, 6.07) is 10.4. The fraction of sp³-hybridized carbons (Fsp3) is 0.133. The first-order valence-corrected chi connectivity index (χ1v) is 7.00. The number of benzene rings is 1. The molecule has 0 aliphatic carbocycles. The maximum atomic E-state index is 12.3. The molecule has 8 heteroatoms. The molecule has 0 atom stereocenters. The molecule has 0 aliphatic rings. The summed E-state index contributed by atoms with van der Waals surface area (Å²) in [4.78, 5) is 16.1. The Kier molecular flexibility index (Phi) is 4.23. The molecule has 0 unspecified atom stereocenters. The van der Waals surface area contributed by atoms with Crippen LogP contribution in [0.3, 0.4) is 0 Å². The molecule has 23 heavy (non-hydrogen) atoms. The molecule has 0 radical (unpaired) electrons. The van der Waals surface area contributed by atoms with E-state index in [2.05, 4.69) is 25.6 Å². The Morgan fingerprint density at radius 3 is 2.78 bits per heavy atom. The van der Waals surface area contributed by atoms with Crippen molar-refractivity contribution in [2.45, 2.75) is 6.92 Å². The van der Waals surface area contributed by atoms with E-state index in [4.69, 9.17) is 4.74 Å². The minimum Gasteiger partial charge on any atom is -0.492 e. The summed E-state index contributed by atoms with van der Waals surface area (Å²) in [7, 11) is 0. The van der Waals surface area contributed by atoms with Crippen LogP contribution >= 0.6 is 0 Å². The normalized spacial score (nSPS) is 10.3. The monoisotopic (exact) mass is 310 g/mol. The smallest absolute Gasteiger partial charge is 0.276 e. The highest BCUT2D eigenvalue weighted by atomic mass is 16.5. The van der Waals surface area contributed by atoms with Gasteiger partial charge in [-0.1, -0.05) is 12.1 Å². The quantitative estimate of drug-likeness (QED) is 0.771. The summed E-state index contributed by atoms with van der Waals surface area (Å²) in [6.07, 6.45) is 2.90. The largest absolute Gasteiger partial charge is 0.492 e. The van der Waals surface area contributed by atoms with Gasteiger partial charge in [0.05, 0.1) is 12.3 Å². The standard InChI is InChI=1S/C15H14N6O2/c1-2-23-13-6-4-3-5-11(13)18-15(22)12-7-8-14(20-19-12)21-10-16-9-17-21/h3-10H,2H2,1H3,(H,18,22). The van der Waals surface area contributed by atoms with Gasteiger partial charge in [0.15, 0.2) is 11.5 Å². The highest BCUT2D eigenvalue weighted by molar-refractivity contribution is 6.03. The number of aromatic nitrogens is 5. The maximum absolute atomic E-state index is 12.3. The van der Waals surface area contributed by atoms with Gasteiger partial charge in [-0.05, 0) is 31.2 Å². The molecule has 0 saturated carbocycles. The van der Waals surface area contributed by atoms with E-state index in [1.165, 1.54) is 17.3 Å². The van der Waals surface area contributed by atoms with Crippen molar-refractivity contribution in [2.24, 2.45) is 0 Å². The van der Waals surface area contributed by atoms with Gasteiger partial charge in [0.2, 0.25) is 0 Å². The lowest BCUT2D eigenvalue weighted by Gasteiger charge is -2.10. The van der Waals surface area contributed by atoms with Crippen LogP contribution in [0.5, 0.6) is 5.75 Å². The Morgan fingerprint density at radius 1 is 1.22 bits per heavy atom. The third-order valence-electron chi connectivity index (χ3n) is 2.97. The Bertz CT molecular complexity index is 786. The molecule has 0 spiro atoms. The average molecular weight is 310 g/mol. The van der Waals surface area contributed by atoms with Crippen molar-refractivity contribution < 1.29 is 9.53 Å². The highest BCUT2D eigenvalue weighted by Gasteiger charge is 2.12. The summed E-state index contributed by atoms with van der Waals surface area (Å²) in [5.41, 5.74) is 0.779.